The zero-order valence-electron chi connectivity index (χ0n) is 11.0. The van der Waals surface area contributed by atoms with Gasteiger partial charge in [-0.15, -0.1) is 0 Å². The molecule has 100 valence electrons. The van der Waals surface area contributed by atoms with Crippen molar-refractivity contribution in [2.45, 2.75) is 44.3 Å². The minimum absolute atomic E-state index is 0.279. The number of esters is 1. The fourth-order valence-corrected chi connectivity index (χ4v) is 2.93. The van der Waals surface area contributed by atoms with E-state index in [4.69, 9.17) is 9.47 Å². The molecule has 0 atom stereocenters. The van der Waals surface area contributed by atoms with Gasteiger partial charge in [0.05, 0.1) is 0 Å². The Balaban J connectivity index is 2.00. The second kappa shape index (κ2) is 4.72. The quantitative estimate of drug-likeness (QED) is 0.716. The molecule has 1 heterocycles. The Hall–Kier alpha value is -1.77. The fourth-order valence-electron chi connectivity index (χ4n) is 2.93. The van der Waals surface area contributed by atoms with Crippen molar-refractivity contribution in [3.8, 4) is 5.75 Å². The van der Waals surface area contributed by atoms with Gasteiger partial charge in [0.25, 0.3) is 5.79 Å². The number of rotatable bonds is 1. The fraction of sp³-hybridized carbons (Fsp3) is 0.438. The van der Waals surface area contributed by atoms with E-state index in [-0.39, 0.29) is 5.97 Å². The third-order valence-corrected chi connectivity index (χ3v) is 3.92. The average molecular weight is 258 g/mol. The van der Waals surface area contributed by atoms with Crippen LogP contribution in [0.1, 0.15) is 54.4 Å². The molecule has 0 bridgehead atoms. The van der Waals surface area contributed by atoms with Crippen molar-refractivity contribution in [3.63, 3.8) is 0 Å². The summed E-state index contributed by atoms with van der Waals surface area (Å²) < 4.78 is 11.7. The third-order valence-electron chi connectivity index (χ3n) is 3.92. The van der Waals surface area contributed by atoms with Crippen molar-refractivity contribution in [1.82, 2.24) is 0 Å². The first kappa shape index (κ1) is 12.3. The van der Waals surface area contributed by atoms with Gasteiger partial charge in [-0.3, -0.25) is 0 Å². The van der Waals surface area contributed by atoms with E-state index >= 15 is 0 Å². The highest BCUT2D eigenvalue weighted by Gasteiger charge is 2.42. The van der Waals surface area contributed by atoms with E-state index in [1.807, 2.05) is 18.2 Å². The molecule has 1 aromatic carbocycles. The summed E-state index contributed by atoms with van der Waals surface area (Å²) in [5, 5.41) is 0. The van der Waals surface area contributed by atoms with Gasteiger partial charge in [-0.2, -0.15) is 0 Å². The zero-order chi connectivity index (χ0) is 13.3. The lowest BCUT2D eigenvalue weighted by Gasteiger charge is -2.37. The first-order chi connectivity index (χ1) is 9.24. The maximum absolute atomic E-state index is 12.3. The van der Waals surface area contributed by atoms with Crippen LogP contribution in [0.15, 0.2) is 24.8 Å². The SMILES string of the molecule is C=Cc1cccc2c1C(=O)OC1(CCCCCC1)O2. The third kappa shape index (κ3) is 2.14. The minimum atomic E-state index is -0.736. The van der Waals surface area contributed by atoms with Gasteiger partial charge in [-0.25, -0.2) is 4.79 Å². The van der Waals surface area contributed by atoms with Crippen LogP contribution < -0.4 is 4.74 Å². The number of fused-ring (bicyclic) bond motifs is 1. The maximum Gasteiger partial charge on any atom is 0.345 e. The Kier molecular flexibility index (Phi) is 3.05. The van der Waals surface area contributed by atoms with E-state index in [1.165, 1.54) is 12.8 Å². The lowest BCUT2D eigenvalue weighted by atomic mass is 10.0. The minimum Gasteiger partial charge on any atom is -0.451 e. The van der Waals surface area contributed by atoms with E-state index in [2.05, 4.69) is 6.58 Å². The van der Waals surface area contributed by atoms with E-state index in [0.717, 1.165) is 31.2 Å². The van der Waals surface area contributed by atoms with Crippen LogP contribution in [0.5, 0.6) is 5.75 Å². The first-order valence-corrected chi connectivity index (χ1v) is 6.92. The smallest absolute Gasteiger partial charge is 0.345 e. The molecule has 1 saturated carbocycles. The summed E-state index contributed by atoms with van der Waals surface area (Å²) in [6, 6.07) is 5.58. The summed E-state index contributed by atoms with van der Waals surface area (Å²) >= 11 is 0. The molecular formula is C16H18O3. The van der Waals surface area contributed by atoms with E-state index in [1.54, 1.807) is 6.08 Å². The second-order valence-corrected chi connectivity index (χ2v) is 5.24. The Morgan fingerprint density at radius 1 is 1.11 bits per heavy atom. The zero-order valence-corrected chi connectivity index (χ0v) is 11.0. The number of hydrogen-bond donors (Lipinski definition) is 0. The van der Waals surface area contributed by atoms with Crippen LogP contribution in [0.4, 0.5) is 0 Å². The molecule has 0 amide bonds. The molecule has 1 fully saturated rings. The Bertz CT molecular complexity index is 511. The normalized spacial score (nSPS) is 20.9. The molecule has 1 aromatic rings. The van der Waals surface area contributed by atoms with Gasteiger partial charge < -0.3 is 9.47 Å². The summed E-state index contributed by atoms with van der Waals surface area (Å²) in [5.74, 6) is -0.380. The van der Waals surface area contributed by atoms with Crippen molar-refractivity contribution in [2.75, 3.05) is 0 Å². The molecule has 0 radical (unpaired) electrons. The predicted molar refractivity (Wildman–Crippen MR) is 73.0 cm³/mol. The van der Waals surface area contributed by atoms with Crippen molar-refractivity contribution in [3.05, 3.63) is 35.9 Å². The molecular weight excluding hydrogens is 240 g/mol. The lowest BCUT2D eigenvalue weighted by Crippen LogP contribution is -2.44. The molecule has 0 N–H and O–H groups in total. The molecule has 0 unspecified atom stereocenters. The van der Waals surface area contributed by atoms with Crippen molar-refractivity contribution in [1.29, 1.82) is 0 Å². The van der Waals surface area contributed by atoms with Gasteiger partial charge >= 0.3 is 5.97 Å². The number of benzene rings is 1. The van der Waals surface area contributed by atoms with Gasteiger partial charge in [0.1, 0.15) is 11.3 Å². The van der Waals surface area contributed by atoms with E-state index in [9.17, 15) is 4.79 Å². The molecule has 1 aliphatic carbocycles. The van der Waals surface area contributed by atoms with Gasteiger partial charge in [0.2, 0.25) is 0 Å². The van der Waals surface area contributed by atoms with Crippen LogP contribution in [0.2, 0.25) is 0 Å². The summed E-state index contributed by atoms with van der Waals surface area (Å²) in [5.41, 5.74) is 1.28. The van der Waals surface area contributed by atoms with Gasteiger partial charge in [0, 0.05) is 12.8 Å². The molecule has 0 aromatic heterocycles. The molecule has 3 heteroatoms. The highest BCUT2D eigenvalue weighted by atomic mass is 16.7. The number of carbonyl (C=O) groups excluding carboxylic acids is 1. The van der Waals surface area contributed by atoms with E-state index in [0.29, 0.717) is 11.3 Å². The molecule has 1 aliphatic heterocycles. The second-order valence-electron chi connectivity index (χ2n) is 5.24. The molecule has 1 spiro atoms. The highest BCUT2D eigenvalue weighted by Crippen LogP contribution is 2.40. The number of carbonyl (C=O) groups is 1. The van der Waals surface area contributed by atoms with Crippen LogP contribution in [-0.2, 0) is 4.74 Å². The Labute approximate surface area is 113 Å². The van der Waals surface area contributed by atoms with Crippen LogP contribution >= 0.6 is 0 Å². The van der Waals surface area contributed by atoms with Gasteiger partial charge in [-0.1, -0.05) is 37.6 Å². The first-order valence-electron chi connectivity index (χ1n) is 6.92. The van der Waals surface area contributed by atoms with Gasteiger partial charge in [0.15, 0.2) is 0 Å². The summed E-state index contributed by atoms with van der Waals surface area (Å²) in [6.45, 7) is 3.73. The average Bonchev–Trinajstić information content (AvgIpc) is 2.63. The summed E-state index contributed by atoms with van der Waals surface area (Å²) in [7, 11) is 0. The largest absolute Gasteiger partial charge is 0.451 e. The molecule has 0 saturated heterocycles. The maximum atomic E-state index is 12.3. The summed E-state index contributed by atoms with van der Waals surface area (Å²) in [6.07, 6.45) is 7.69. The number of hydrogen-bond acceptors (Lipinski definition) is 3. The Morgan fingerprint density at radius 2 is 1.84 bits per heavy atom. The Morgan fingerprint density at radius 3 is 2.53 bits per heavy atom. The highest BCUT2D eigenvalue weighted by molar-refractivity contribution is 5.97. The van der Waals surface area contributed by atoms with Crippen molar-refractivity contribution < 1.29 is 14.3 Å². The monoisotopic (exact) mass is 258 g/mol. The van der Waals surface area contributed by atoms with Crippen LogP contribution in [0, 0.1) is 0 Å². The van der Waals surface area contributed by atoms with Crippen LogP contribution in [0.3, 0.4) is 0 Å². The molecule has 2 aliphatic rings. The van der Waals surface area contributed by atoms with Crippen LogP contribution in [0.25, 0.3) is 6.08 Å². The standard InChI is InChI=1S/C16H18O3/c1-2-12-8-7-9-13-14(12)15(17)19-16(18-13)10-5-3-4-6-11-16/h2,7-9H,1,3-6,10-11H2. The van der Waals surface area contributed by atoms with E-state index < -0.39 is 5.79 Å². The number of ether oxygens (including phenoxy) is 2. The molecule has 3 nitrogen and oxygen atoms in total. The van der Waals surface area contributed by atoms with Crippen molar-refractivity contribution >= 4 is 12.0 Å². The molecule has 3 rings (SSSR count). The topological polar surface area (TPSA) is 35.5 Å². The van der Waals surface area contributed by atoms with Crippen LogP contribution in [-0.4, -0.2) is 11.8 Å². The predicted octanol–water partition coefficient (Wildman–Crippen LogP) is 3.93. The summed E-state index contributed by atoms with van der Waals surface area (Å²) in [4.78, 5) is 12.3. The van der Waals surface area contributed by atoms with Crippen molar-refractivity contribution in [2.24, 2.45) is 0 Å². The van der Waals surface area contributed by atoms with Gasteiger partial charge in [-0.05, 0) is 24.5 Å². The molecule has 19 heavy (non-hydrogen) atoms. The lowest BCUT2D eigenvalue weighted by molar-refractivity contribution is -0.162.